The van der Waals surface area contributed by atoms with Gasteiger partial charge in [0.15, 0.2) is 0 Å². The number of amides is 2. The lowest BCUT2D eigenvalue weighted by Crippen LogP contribution is -2.16. The number of rotatable bonds is 5. The molecule has 0 spiro atoms. The van der Waals surface area contributed by atoms with Crippen molar-refractivity contribution >= 4 is 33.8 Å². The molecule has 2 amide bonds. The van der Waals surface area contributed by atoms with Crippen molar-refractivity contribution in [1.29, 1.82) is 0 Å². The third-order valence-electron chi connectivity index (χ3n) is 1.97. The second kappa shape index (κ2) is 4.88. The van der Waals surface area contributed by atoms with Gasteiger partial charge in [-0.25, -0.2) is 0 Å². The van der Waals surface area contributed by atoms with E-state index in [1.54, 1.807) is 0 Å². The van der Waals surface area contributed by atoms with E-state index in [-0.39, 0.29) is 16.1 Å². The van der Waals surface area contributed by atoms with Gasteiger partial charge in [-0.1, -0.05) is 12.2 Å². The quantitative estimate of drug-likeness (QED) is 0.571. The summed E-state index contributed by atoms with van der Waals surface area (Å²) in [5.41, 5.74) is 17.0. The van der Waals surface area contributed by atoms with Gasteiger partial charge >= 0.3 is 0 Å². The second-order valence-electron chi connectivity index (χ2n) is 3.59. The topological polar surface area (TPSA) is 124 Å². The molecule has 92 valence electrons. The first-order chi connectivity index (χ1) is 7.84. The predicted octanol–water partition coefficient (Wildman–Crippen LogP) is 0.516. The summed E-state index contributed by atoms with van der Waals surface area (Å²) in [5.74, 6) is -1.38. The Morgan fingerprint density at radius 1 is 1.35 bits per heavy atom. The average molecular weight is 254 g/mol. The monoisotopic (exact) mass is 254 g/mol. The summed E-state index contributed by atoms with van der Waals surface area (Å²) >= 11 is 1.01. The molecule has 0 aromatic carbocycles. The molecule has 1 aromatic rings. The minimum Gasteiger partial charge on any atom is -0.397 e. The minimum atomic E-state index is -0.699. The average Bonchev–Trinajstić information content (AvgIpc) is 2.52. The molecule has 0 saturated heterocycles. The molecular weight excluding hydrogens is 240 g/mol. The van der Waals surface area contributed by atoms with Gasteiger partial charge < -0.3 is 22.5 Å². The number of hydrogen-bond donors (Lipinski definition) is 4. The summed E-state index contributed by atoms with van der Waals surface area (Å²) in [6.07, 6.45) is 0. The van der Waals surface area contributed by atoms with Crippen LogP contribution in [0.3, 0.4) is 0 Å². The molecule has 0 saturated carbocycles. The summed E-state index contributed by atoms with van der Waals surface area (Å²) in [5, 5.41) is 3.38. The van der Waals surface area contributed by atoms with Crippen LogP contribution in [0.2, 0.25) is 0 Å². The van der Waals surface area contributed by atoms with Gasteiger partial charge in [-0.2, -0.15) is 0 Å². The molecule has 1 heterocycles. The van der Waals surface area contributed by atoms with Crippen LogP contribution in [0, 0.1) is 0 Å². The van der Waals surface area contributed by atoms with Gasteiger partial charge in [0, 0.05) is 6.54 Å². The largest absolute Gasteiger partial charge is 0.397 e. The van der Waals surface area contributed by atoms with Gasteiger partial charge in [-0.05, 0) is 6.92 Å². The van der Waals surface area contributed by atoms with Crippen molar-refractivity contribution in [3.63, 3.8) is 0 Å². The van der Waals surface area contributed by atoms with Gasteiger partial charge in [0.1, 0.15) is 9.88 Å². The molecule has 7 N–H and O–H groups in total. The van der Waals surface area contributed by atoms with Crippen LogP contribution in [0.4, 0.5) is 10.7 Å². The highest BCUT2D eigenvalue weighted by Gasteiger charge is 2.22. The van der Waals surface area contributed by atoms with Crippen LogP contribution >= 0.6 is 11.3 Å². The lowest BCUT2D eigenvalue weighted by molar-refractivity contribution is 0.0999. The number of nitrogens with one attached hydrogen (secondary N) is 1. The van der Waals surface area contributed by atoms with Crippen molar-refractivity contribution in [1.82, 2.24) is 0 Å². The standard InChI is InChI=1S/C10H14N4O2S/c1-4(2)3-14-10-5(8(12)15)6(11)7(17-10)9(13)16/h14H,1,3,11H2,2H3,(H2,12,15)(H2,13,16). The predicted molar refractivity (Wildman–Crippen MR) is 69.1 cm³/mol. The van der Waals surface area contributed by atoms with Crippen molar-refractivity contribution < 1.29 is 9.59 Å². The normalized spacial score (nSPS) is 9.94. The molecule has 0 bridgehead atoms. The summed E-state index contributed by atoms with van der Waals surface area (Å²) in [4.78, 5) is 22.5. The first kappa shape index (κ1) is 13.0. The Hall–Kier alpha value is -2.02. The van der Waals surface area contributed by atoms with Crippen LogP contribution in [-0.2, 0) is 0 Å². The third kappa shape index (κ3) is 2.76. The van der Waals surface area contributed by atoms with Gasteiger partial charge in [-0.3, -0.25) is 9.59 Å². The molecule has 0 radical (unpaired) electrons. The van der Waals surface area contributed by atoms with Crippen LogP contribution in [0.5, 0.6) is 0 Å². The van der Waals surface area contributed by atoms with Crippen molar-refractivity contribution in [2.45, 2.75) is 6.92 Å². The maximum Gasteiger partial charge on any atom is 0.260 e. The van der Waals surface area contributed by atoms with E-state index in [1.165, 1.54) is 0 Å². The highest BCUT2D eigenvalue weighted by molar-refractivity contribution is 7.19. The molecule has 1 aromatic heterocycles. The smallest absolute Gasteiger partial charge is 0.260 e. The summed E-state index contributed by atoms with van der Waals surface area (Å²) < 4.78 is 0. The maximum absolute atomic E-state index is 11.3. The molecular formula is C10H14N4O2S. The van der Waals surface area contributed by atoms with Crippen LogP contribution < -0.4 is 22.5 Å². The SMILES string of the molecule is C=C(C)CNc1sc(C(N)=O)c(N)c1C(N)=O. The minimum absolute atomic E-state index is 0.0271. The maximum atomic E-state index is 11.3. The summed E-state index contributed by atoms with van der Waals surface area (Å²) in [6, 6.07) is 0. The Kier molecular flexibility index (Phi) is 3.74. The van der Waals surface area contributed by atoms with Gasteiger partial charge in [0.05, 0.1) is 11.3 Å². The lowest BCUT2D eigenvalue weighted by atomic mass is 10.2. The molecule has 0 unspecified atom stereocenters. The second-order valence-corrected chi connectivity index (χ2v) is 4.61. The molecule has 0 aliphatic heterocycles. The molecule has 0 fully saturated rings. The third-order valence-corrected chi connectivity index (χ3v) is 3.14. The zero-order chi connectivity index (χ0) is 13.2. The summed E-state index contributed by atoms with van der Waals surface area (Å²) in [7, 11) is 0. The zero-order valence-corrected chi connectivity index (χ0v) is 10.2. The fourth-order valence-electron chi connectivity index (χ4n) is 1.23. The van der Waals surface area contributed by atoms with Crippen LogP contribution in [0.1, 0.15) is 27.0 Å². The van der Waals surface area contributed by atoms with Crippen molar-refractivity contribution in [3.8, 4) is 0 Å². The Bertz CT molecular complexity index is 493. The number of anilines is 2. The van der Waals surface area contributed by atoms with Crippen LogP contribution in [0.15, 0.2) is 12.2 Å². The number of carbonyl (C=O) groups excluding carboxylic acids is 2. The van der Waals surface area contributed by atoms with E-state index in [0.717, 1.165) is 16.9 Å². The number of nitrogen functional groups attached to an aromatic ring is 1. The number of thiophene rings is 1. The van der Waals surface area contributed by atoms with E-state index in [1.807, 2.05) is 6.92 Å². The highest BCUT2D eigenvalue weighted by Crippen LogP contribution is 2.35. The Balaban J connectivity index is 3.19. The highest BCUT2D eigenvalue weighted by atomic mass is 32.1. The molecule has 17 heavy (non-hydrogen) atoms. The first-order valence-corrected chi connectivity index (χ1v) is 5.56. The lowest BCUT2D eigenvalue weighted by Gasteiger charge is -2.04. The van der Waals surface area contributed by atoms with Gasteiger partial charge in [0.2, 0.25) is 0 Å². The number of carbonyl (C=O) groups is 2. The van der Waals surface area contributed by atoms with Gasteiger partial charge in [0.25, 0.3) is 11.8 Å². The number of primary amides is 2. The number of nitrogens with two attached hydrogens (primary N) is 3. The van der Waals surface area contributed by atoms with Crippen LogP contribution in [0.25, 0.3) is 0 Å². The fourth-order valence-corrected chi connectivity index (χ4v) is 2.20. The molecule has 0 atom stereocenters. The molecule has 6 nitrogen and oxygen atoms in total. The Morgan fingerprint density at radius 2 is 1.94 bits per heavy atom. The molecule has 0 aliphatic carbocycles. The molecule has 7 heteroatoms. The van der Waals surface area contributed by atoms with Crippen LogP contribution in [-0.4, -0.2) is 18.4 Å². The Morgan fingerprint density at radius 3 is 2.35 bits per heavy atom. The van der Waals surface area contributed by atoms with Crippen molar-refractivity contribution in [3.05, 3.63) is 22.6 Å². The van der Waals surface area contributed by atoms with E-state index < -0.39 is 11.8 Å². The van der Waals surface area contributed by atoms with Gasteiger partial charge in [-0.15, -0.1) is 11.3 Å². The first-order valence-electron chi connectivity index (χ1n) is 4.74. The number of hydrogen-bond acceptors (Lipinski definition) is 5. The van der Waals surface area contributed by atoms with E-state index in [9.17, 15) is 9.59 Å². The van der Waals surface area contributed by atoms with E-state index in [2.05, 4.69) is 11.9 Å². The van der Waals surface area contributed by atoms with E-state index >= 15 is 0 Å². The fraction of sp³-hybridized carbons (Fsp3) is 0.200. The molecule has 0 aliphatic rings. The van der Waals surface area contributed by atoms with Crippen molar-refractivity contribution in [2.24, 2.45) is 11.5 Å². The van der Waals surface area contributed by atoms with E-state index in [4.69, 9.17) is 17.2 Å². The van der Waals surface area contributed by atoms with E-state index in [0.29, 0.717) is 11.5 Å². The zero-order valence-electron chi connectivity index (χ0n) is 9.37. The van der Waals surface area contributed by atoms with Crippen molar-refractivity contribution in [2.75, 3.05) is 17.6 Å². The Labute approximate surface area is 102 Å². The summed E-state index contributed by atoms with van der Waals surface area (Å²) in [6.45, 7) is 5.99. The molecule has 1 rings (SSSR count).